The van der Waals surface area contributed by atoms with Crippen LogP contribution in [-0.4, -0.2) is 5.97 Å². The first-order chi connectivity index (χ1) is 8.13. The van der Waals surface area contributed by atoms with Crippen LogP contribution in [0.15, 0.2) is 40.1 Å². The average molecular weight is 299 g/mol. The quantitative estimate of drug-likeness (QED) is 0.786. The number of halogens is 2. The number of carbonyl (C=O) groups is 1. The van der Waals surface area contributed by atoms with E-state index < -0.39 is 17.9 Å². The predicted molar refractivity (Wildman–Crippen MR) is 66.0 cm³/mol. The number of ether oxygens (including phenoxy) is 1. The third-order valence-corrected chi connectivity index (χ3v) is 3.19. The highest BCUT2D eigenvalue weighted by Gasteiger charge is 2.34. The second-order valence-corrected chi connectivity index (χ2v) is 4.83. The Balaban J connectivity index is 2.30. The number of benzene rings is 1. The van der Waals surface area contributed by atoms with Crippen LogP contribution >= 0.6 is 15.9 Å². The maximum Gasteiger partial charge on any atom is 0.337 e. The zero-order valence-electron chi connectivity index (χ0n) is 9.37. The van der Waals surface area contributed by atoms with Gasteiger partial charge in [-0.05, 0) is 24.1 Å². The van der Waals surface area contributed by atoms with Gasteiger partial charge in [-0.3, -0.25) is 0 Å². The monoisotopic (exact) mass is 298 g/mol. The molecule has 1 heterocycles. The van der Waals surface area contributed by atoms with E-state index in [1.165, 1.54) is 0 Å². The van der Waals surface area contributed by atoms with Crippen molar-refractivity contribution in [2.45, 2.75) is 25.9 Å². The van der Waals surface area contributed by atoms with E-state index >= 15 is 0 Å². The van der Waals surface area contributed by atoms with Crippen LogP contribution in [0.5, 0.6) is 0 Å². The van der Waals surface area contributed by atoms with E-state index in [1.807, 2.05) is 6.92 Å². The fourth-order valence-corrected chi connectivity index (χ4v) is 2.07. The van der Waals surface area contributed by atoms with Gasteiger partial charge >= 0.3 is 5.97 Å². The Morgan fingerprint density at radius 3 is 2.59 bits per heavy atom. The van der Waals surface area contributed by atoms with Crippen LogP contribution in [0.3, 0.4) is 0 Å². The van der Waals surface area contributed by atoms with Crippen LogP contribution < -0.4 is 0 Å². The number of esters is 1. The van der Waals surface area contributed by atoms with E-state index in [2.05, 4.69) is 15.9 Å². The van der Waals surface area contributed by atoms with Gasteiger partial charge in [0.15, 0.2) is 11.9 Å². The number of carbonyl (C=O) groups excluding carboxylic acids is 1. The van der Waals surface area contributed by atoms with Gasteiger partial charge < -0.3 is 4.74 Å². The SMILES string of the molecule is CCCC1=C(F)C(c2ccc(Br)cc2)OC1=O. The number of hydrogen-bond acceptors (Lipinski definition) is 2. The molecule has 2 nitrogen and oxygen atoms in total. The Morgan fingerprint density at radius 1 is 1.35 bits per heavy atom. The van der Waals surface area contributed by atoms with Crippen LogP contribution in [-0.2, 0) is 9.53 Å². The van der Waals surface area contributed by atoms with Crippen LogP contribution in [0.25, 0.3) is 0 Å². The molecule has 2 rings (SSSR count). The van der Waals surface area contributed by atoms with Crippen LogP contribution in [0.1, 0.15) is 31.4 Å². The van der Waals surface area contributed by atoms with Crippen molar-refractivity contribution in [2.75, 3.05) is 0 Å². The molecule has 1 atom stereocenters. The van der Waals surface area contributed by atoms with E-state index in [-0.39, 0.29) is 5.57 Å². The normalized spacial score (nSPS) is 19.7. The molecule has 17 heavy (non-hydrogen) atoms. The molecule has 0 saturated carbocycles. The van der Waals surface area contributed by atoms with E-state index in [0.717, 1.165) is 10.9 Å². The second-order valence-electron chi connectivity index (χ2n) is 3.91. The van der Waals surface area contributed by atoms with Gasteiger partial charge in [0.05, 0.1) is 5.57 Å². The molecule has 0 aromatic heterocycles. The van der Waals surface area contributed by atoms with Crippen molar-refractivity contribution in [1.29, 1.82) is 0 Å². The van der Waals surface area contributed by atoms with E-state index in [9.17, 15) is 9.18 Å². The Hall–Kier alpha value is -1.16. The molecule has 0 amide bonds. The number of hydrogen-bond donors (Lipinski definition) is 0. The summed E-state index contributed by atoms with van der Waals surface area (Å²) in [6, 6.07) is 7.09. The van der Waals surface area contributed by atoms with E-state index in [4.69, 9.17) is 4.74 Å². The molecule has 0 bridgehead atoms. The molecule has 0 aliphatic carbocycles. The summed E-state index contributed by atoms with van der Waals surface area (Å²) in [5, 5.41) is 0. The molecule has 90 valence electrons. The van der Waals surface area contributed by atoms with Crippen molar-refractivity contribution < 1.29 is 13.9 Å². The molecule has 1 aromatic carbocycles. The van der Waals surface area contributed by atoms with Gasteiger partial charge in [-0.15, -0.1) is 0 Å². The van der Waals surface area contributed by atoms with Crippen molar-refractivity contribution in [2.24, 2.45) is 0 Å². The average Bonchev–Trinajstić information content (AvgIpc) is 2.59. The molecule has 1 aromatic rings. The van der Waals surface area contributed by atoms with Crippen LogP contribution in [0, 0.1) is 0 Å². The van der Waals surface area contributed by atoms with Crippen molar-refractivity contribution in [1.82, 2.24) is 0 Å². The highest BCUT2D eigenvalue weighted by Crippen LogP contribution is 2.37. The van der Waals surface area contributed by atoms with E-state index in [1.54, 1.807) is 24.3 Å². The Kier molecular flexibility index (Phi) is 3.62. The maximum atomic E-state index is 14.0. The van der Waals surface area contributed by atoms with Crippen molar-refractivity contribution >= 4 is 21.9 Å². The van der Waals surface area contributed by atoms with Gasteiger partial charge in [-0.2, -0.15) is 0 Å². The summed E-state index contributed by atoms with van der Waals surface area (Å²) < 4.78 is 20.0. The molecule has 0 saturated heterocycles. The predicted octanol–water partition coefficient (Wildman–Crippen LogP) is 4.07. The first-order valence-corrected chi connectivity index (χ1v) is 6.27. The highest BCUT2D eigenvalue weighted by atomic mass is 79.9. The lowest BCUT2D eigenvalue weighted by Crippen LogP contribution is -2.02. The first kappa shape index (κ1) is 12.3. The topological polar surface area (TPSA) is 26.3 Å². The maximum absolute atomic E-state index is 14.0. The summed E-state index contributed by atoms with van der Waals surface area (Å²) in [6.45, 7) is 1.90. The molecule has 1 aliphatic heterocycles. The number of rotatable bonds is 3. The van der Waals surface area contributed by atoms with Crippen molar-refractivity contribution in [3.8, 4) is 0 Å². The molecule has 4 heteroatoms. The largest absolute Gasteiger partial charge is 0.447 e. The van der Waals surface area contributed by atoms with Crippen LogP contribution in [0.4, 0.5) is 4.39 Å². The lowest BCUT2D eigenvalue weighted by atomic mass is 10.1. The second kappa shape index (κ2) is 5.00. The molecule has 0 radical (unpaired) electrons. The van der Waals surface area contributed by atoms with Gasteiger partial charge in [0, 0.05) is 4.47 Å². The Bertz CT molecular complexity index is 465. The van der Waals surface area contributed by atoms with Crippen LogP contribution in [0.2, 0.25) is 0 Å². The minimum absolute atomic E-state index is 0.181. The summed E-state index contributed by atoms with van der Waals surface area (Å²) in [7, 11) is 0. The van der Waals surface area contributed by atoms with Gasteiger partial charge in [0.25, 0.3) is 0 Å². The van der Waals surface area contributed by atoms with Gasteiger partial charge in [0.2, 0.25) is 0 Å². The fourth-order valence-electron chi connectivity index (χ4n) is 1.81. The Morgan fingerprint density at radius 2 is 2.00 bits per heavy atom. The summed E-state index contributed by atoms with van der Waals surface area (Å²) in [5.41, 5.74) is 0.838. The van der Waals surface area contributed by atoms with Gasteiger partial charge in [-0.25, -0.2) is 9.18 Å². The van der Waals surface area contributed by atoms with Gasteiger partial charge in [0.1, 0.15) is 0 Å². The summed E-state index contributed by atoms with van der Waals surface area (Å²) >= 11 is 3.30. The minimum Gasteiger partial charge on any atom is -0.447 e. The standard InChI is InChI=1S/C13H12BrFO2/c1-2-3-10-11(15)12(17-13(10)16)8-4-6-9(14)7-5-8/h4-7,12H,2-3H2,1H3. The van der Waals surface area contributed by atoms with E-state index in [0.29, 0.717) is 12.0 Å². The smallest absolute Gasteiger partial charge is 0.337 e. The van der Waals surface area contributed by atoms with Crippen molar-refractivity contribution in [3.63, 3.8) is 0 Å². The zero-order valence-corrected chi connectivity index (χ0v) is 11.0. The lowest BCUT2D eigenvalue weighted by molar-refractivity contribution is -0.140. The Labute approximate surface area is 108 Å². The minimum atomic E-state index is -0.864. The fraction of sp³-hybridized carbons (Fsp3) is 0.308. The molecular weight excluding hydrogens is 287 g/mol. The first-order valence-electron chi connectivity index (χ1n) is 5.48. The van der Waals surface area contributed by atoms with Gasteiger partial charge in [-0.1, -0.05) is 41.4 Å². The summed E-state index contributed by atoms with van der Waals surface area (Å²) in [4.78, 5) is 11.5. The third-order valence-electron chi connectivity index (χ3n) is 2.66. The summed E-state index contributed by atoms with van der Waals surface area (Å²) in [5.74, 6) is -0.976. The molecule has 0 N–H and O–H groups in total. The molecular formula is C13H12BrFO2. The molecule has 0 fully saturated rings. The molecule has 1 aliphatic rings. The zero-order chi connectivity index (χ0) is 12.4. The summed E-state index contributed by atoms with van der Waals surface area (Å²) in [6.07, 6.45) is 0.292. The molecule has 0 spiro atoms. The van der Waals surface area contributed by atoms with Crippen molar-refractivity contribution in [3.05, 3.63) is 45.7 Å². The highest BCUT2D eigenvalue weighted by molar-refractivity contribution is 9.10. The third kappa shape index (κ3) is 2.41. The molecule has 1 unspecified atom stereocenters. The number of cyclic esters (lactones) is 1. The lowest BCUT2D eigenvalue weighted by Gasteiger charge is -2.09.